The first-order valence-corrected chi connectivity index (χ1v) is 8.62. The van der Waals surface area contributed by atoms with Crippen LogP contribution in [0.4, 0.5) is 0 Å². The number of hydrogen-bond donors (Lipinski definition) is 1. The second-order valence-corrected chi connectivity index (χ2v) is 7.21. The molecule has 4 unspecified atom stereocenters. The first-order valence-electron chi connectivity index (χ1n) is 8.62. The molecule has 1 amide bonds. The Morgan fingerprint density at radius 3 is 2.65 bits per heavy atom. The minimum absolute atomic E-state index is 0.0345. The molecule has 1 aliphatic carbocycles. The molecule has 1 N–H and O–H groups in total. The Balaban J connectivity index is 2.11. The van der Waals surface area contributed by atoms with Gasteiger partial charge in [0, 0.05) is 6.04 Å². The van der Waals surface area contributed by atoms with Crippen LogP contribution in [0.1, 0.15) is 72.6 Å². The van der Waals surface area contributed by atoms with Crippen LogP contribution in [0.25, 0.3) is 0 Å². The average molecular weight is 280 g/mol. The Kier molecular flexibility index (Phi) is 5.48. The number of hydrogen-bond acceptors (Lipinski definition) is 2. The summed E-state index contributed by atoms with van der Waals surface area (Å²) < 4.78 is 0. The van der Waals surface area contributed by atoms with Gasteiger partial charge < -0.3 is 4.90 Å². The second kappa shape index (κ2) is 6.93. The molecule has 116 valence electrons. The lowest BCUT2D eigenvalue weighted by Gasteiger charge is -2.32. The number of carbonyl (C=O) groups is 1. The Hall–Kier alpha value is -0.570. The van der Waals surface area contributed by atoms with Crippen molar-refractivity contribution in [2.75, 3.05) is 0 Å². The maximum atomic E-state index is 12.8. The third-order valence-corrected chi connectivity index (χ3v) is 5.08. The summed E-state index contributed by atoms with van der Waals surface area (Å²) in [7, 11) is 0. The molecule has 2 fully saturated rings. The molecule has 3 nitrogen and oxygen atoms in total. The molecule has 1 saturated carbocycles. The van der Waals surface area contributed by atoms with E-state index in [1.807, 2.05) is 0 Å². The van der Waals surface area contributed by atoms with Crippen molar-refractivity contribution in [1.29, 1.82) is 0 Å². The van der Waals surface area contributed by atoms with Crippen molar-refractivity contribution in [2.24, 2.45) is 11.8 Å². The van der Waals surface area contributed by atoms with Gasteiger partial charge in [-0.3, -0.25) is 10.1 Å². The van der Waals surface area contributed by atoms with Crippen molar-refractivity contribution in [2.45, 2.75) is 90.9 Å². The summed E-state index contributed by atoms with van der Waals surface area (Å²) in [4.78, 5) is 15.0. The van der Waals surface area contributed by atoms with E-state index >= 15 is 0 Å². The van der Waals surface area contributed by atoms with Gasteiger partial charge in [0.2, 0.25) is 5.91 Å². The van der Waals surface area contributed by atoms with Crippen molar-refractivity contribution in [1.82, 2.24) is 10.2 Å². The topological polar surface area (TPSA) is 32.3 Å². The highest BCUT2D eigenvalue weighted by molar-refractivity contribution is 5.85. The maximum absolute atomic E-state index is 12.8. The number of nitrogens with zero attached hydrogens (tertiary/aromatic N) is 1. The van der Waals surface area contributed by atoms with Crippen LogP contribution in [0.3, 0.4) is 0 Å². The molecule has 1 saturated heterocycles. The summed E-state index contributed by atoms with van der Waals surface area (Å²) in [5.74, 6) is 1.57. The lowest BCUT2D eigenvalue weighted by molar-refractivity contribution is -0.133. The van der Waals surface area contributed by atoms with Crippen LogP contribution in [0, 0.1) is 11.8 Å². The van der Waals surface area contributed by atoms with Crippen molar-refractivity contribution in [3.8, 4) is 0 Å². The highest BCUT2D eigenvalue weighted by atomic mass is 16.2. The van der Waals surface area contributed by atoms with E-state index in [1.54, 1.807) is 0 Å². The molecule has 0 spiro atoms. The van der Waals surface area contributed by atoms with Gasteiger partial charge >= 0.3 is 0 Å². The van der Waals surface area contributed by atoms with Crippen LogP contribution in [-0.2, 0) is 4.79 Å². The summed E-state index contributed by atoms with van der Waals surface area (Å²) >= 11 is 0. The monoisotopic (exact) mass is 280 g/mol. The molecule has 2 aliphatic rings. The van der Waals surface area contributed by atoms with Crippen molar-refractivity contribution in [3.05, 3.63) is 0 Å². The van der Waals surface area contributed by atoms with Crippen LogP contribution in [0.5, 0.6) is 0 Å². The molecule has 0 bridgehead atoms. The quantitative estimate of drug-likeness (QED) is 0.799. The number of carbonyl (C=O) groups excluding carboxylic acids is 1. The van der Waals surface area contributed by atoms with E-state index in [1.165, 1.54) is 32.1 Å². The Labute approximate surface area is 124 Å². The van der Waals surface area contributed by atoms with E-state index in [0.29, 0.717) is 17.9 Å². The van der Waals surface area contributed by atoms with Gasteiger partial charge in [0.05, 0.1) is 12.2 Å². The minimum Gasteiger partial charge on any atom is -0.323 e. The highest BCUT2D eigenvalue weighted by Crippen LogP contribution is 2.31. The van der Waals surface area contributed by atoms with E-state index in [0.717, 1.165) is 18.8 Å². The fourth-order valence-corrected chi connectivity index (χ4v) is 3.83. The first-order chi connectivity index (χ1) is 9.54. The largest absolute Gasteiger partial charge is 0.323 e. The zero-order chi connectivity index (χ0) is 14.7. The van der Waals surface area contributed by atoms with E-state index in [4.69, 9.17) is 0 Å². The molecular weight excluding hydrogens is 248 g/mol. The normalized spacial score (nSPS) is 35.6. The van der Waals surface area contributed by atoms with Gasteiger partial charge in [-0.1, -0.05) is 47.0 Å². The van der Waals surface area contributed by atoms with Crippen LogP contribution < -0.4 is 5.32 Å². The fraction of sp³-hybridized carbons (Fsp3) is 0.941. The zero-order valence-electron chi connectivity index (χ0n) is 13.7. The summed E-state index contributed by atoms with van der Waals surface area (Å²) in [6.45, 7) is 8.86. The van der Waals surface area contributed by atoms with Crippen LogP contribution >= 0.6 is 0 Å². The second-order valence-electron chi connectivity index (χ2n) is 7.21. The number of nitrogens with one attached hydrogen (secondary N) is 1. The highest BCUT2D eigenvalue weighted by Gasteiger charge is 2.43. The lowest BCUT2D eigenvalue weighted by atomic mass is 10.0. The fourth-order valence-electron chi connectivity index (χ4n) is 3.83. The summed E-state index contributed by atoms with van der Waals surface area (Å²) in [5.41, 5.74) is 0. The molecule has 4 atom stereocenters. The number of amides is 1. The Bertz CT molecular complexity index is 329. The van der Waals surface area contributed by atoms with Gasteiger partial charge in [-0.15, -0.1) is 0 Å². The summed E-state index contributed by atoms with van der Waals surface area (Å²) in [6.07, 6.45) is 8.77. The van der Waals surface area contributed by atoms with Gasteiger partial charge in [-0.2, -0.15) is 0 Å². The molecule has 0 aromatic carbocycles. The Morgan fingerprint density at radius 1 is 1.25 bits per heavy atom. The summed E-state index contributed by atoms with van der Waals surface area (Å²) in [5, 5.41) is 3.60. The van der Waals surface area contributed by atoms with E-state index in [-0.39, 0.29) is 12.2 Å². The minimum atomic E-state index is 0.0345. The third-order valence-electron chi connectivity index (χ3n) is 5.08. The lowest BCUT2D eigenvalue weighted by Crippen LogP contribution is -2.44. The molecule has 0 aromatic heterocycles. The zero-order valence-corrected chi connectivity index (χ0v) is 13.7. The molecule has 0 radical (unpaired) electrons. The van der Waals surface area contributed by atoms with Gasteiger partial charge in [-0.25, -0.2) is 0 Å². The Morgan fingerprint density at radius 2 is 2.00 bits per heavy atom. The average Bonchev–Trinajstić information content (AvgIpc) is 2.57. The standard InChI is InChI=1S/C17H32N2O/c1-5-7-15-18-16(12(2)3)17(20)19(15)14-9-6-8-13(4)10-11-14/h12-16,18H,5-11H2,1-4H3. The SMILES string of the molecule is CCCC1NC(C(C)C)C(=O)N1C1CCCC(C)CC1. The third kappa shape index (κ3) is 3.36. The molecule has 2 rings (SSSR count). The van der Waals surface area contributed by atoms with E-state index < -0.39 is 0 Å². The smallest absolute Gasteiger partial charge is 0.241 e. The first kappa shape index (κ1) is 15.8. The van der Waals surface area contributed by atoms with Crippen molar-refractivity contribution in [3.63, 3.8) is 0 Å². The van der Waals surface area contributed by atoms with Crippen LogP contribution in [0.15, 0.2) is 0 Å². The number of rotatable bonds is 4. The van der Waals surface area contributed by atoms with E-state index in [9.17, 15) is 4.79 Å². The summed E-state index contributed by atoms with van der Waals surface area (Å²) in [6, 6.07) is 0.507. The molecule has 20 heavy (non-hydrogen) atoms. The van der Waals surface area contributed by atoms with Crippen LogP contribution in [0.2, 0.25) is 0 Å². The molecule has 1 heterocycles. The van der Waals surface area contributed by atoms with Gasteiger partial charge in [-0.05, 0) is 37.5 Å². The molecule has 0 aromatic rings. The predicted octanol–water partition coefficient (Wildman–Crippen LogP) is 3.54. The molecule has 1 aliphatic heterocycles. The maximum Gasteiger partial charge on any atom is 0.241 e. The van der Waals surface area contributed by atoms with Gasteiger partial charge in [0.25, 0.3) is 0 Å². The van der Waals surface area contributed by atoms with Gasteiger partial charge in [0.15, 0.2) is 0 Å². The predicted molar refractivity (Wildman–Crippen MR) is 83.3 cm³/mol. The van der Waals surface area contributed by atoms with Crippen LogP contribution in [-0.4, -0.2) is 29.1 Å². The molecule has 3 heteroatoms. The van der Waals surface area contributed by atoms with Crippen molar-refractivity contribution >= 4 is 5.91 Å². The van der Waals surface area contributed by atoms with Crippen molar-refractivity contribution < 1.29 is 4.79 Å². The molecular formula is C17H32N2O. The van der Waals surface area contributed by atoms with Gasteiger partial charge in [0.1, 0.15) is 0 Å². The van der Waals surface area contributed by atoms with E-state index in [2.05, 4.69) is 37.9 Å².